The first-order valence-corrected chi connectivity index (χ1v) is 8.05. The van der Waals surface area contributed by atoms with Gasteiger partial charge in [0.05, 0.1) is 5.56 Å². The molecule has 0 atom stereocenters. The van der Waals surface area contributed by atoms with Crippen molar-refractivity contribution < 1.29 is 20.1 Å². The smallest absolute Gasteiger partial charge is 0.199 e. The van der Waals surface area contributed by atoms with Gasteiger partial charge in [-0.1, -0.05) is 0 Å². The summed E-state index contributed by atoms with van der Waals surface area (Å²) in [5.74, 6) is -1.39. The highest BCUT2D eigenvalue weighted by Gasteiger charge is 2.23. The third kappa shape index (κ3) is 2.95. The summed E-state index contributed by atoms with van der Waals surface area (Å²) in [4.78, 5) is 12.6. The Morgan fingerprint density at radius 2 is 1.52 bits per heavy atom. The van der Waals surface area contributed by atoms with Gasteiger partial charge in [0.15, 0.2) is 17.3 Å². The first-order chi connectivity index (χ1) is 9.73. The van der Waals surface area contributed by atoms with Crippen LogP contribution in [0.25, 0.3) is 0 Å². The summed E-state index contributed by atoms with van der Waals surface area (Å²) in [6.07, 6.45) is 0. The van der Waals surface area contributed by atoms with Crippen LogP contribution in [0.4, 0.5) is 0 Å². The minimum Gasteiger partial charge on any atom is -0.507 e. The van der Waals surface area contributed by atoms with Crippen LogP contribution in [0.15, 0.2) is 31.6 Å². The fourth-order valence-corrected chi connectivity index (χ4v) is 3.34. The lowest BCUT2D eigenvalue weighted by Crippen LogP contribution is -2.05. The van der Waals surface area contributed by atoms with Gasteiger partial charge >= 0.3 is 0 Å². The lowest BCUT2D eigenvalue weighted by molar-refractivity contribution is 0.103. The Labute approximate surface area is 145 Å². The van der Waals surface area contributed by atoms with Gasteiger partial charge in [0.2, 0.25) is 0 Å². The van der Waals surface area contributed by atoms with Gasteiger partial charge in [-0.15, -0.1) is 0 Å². The Morgan fingerprint density at radius 1 is 0.952 bits per heavy atom. The molecular formula is C14H9Br3O4. The standard InChI is InChI=1S/C14H9Br3O4/c1-5-2-8(16)12(17)11(13(5)20)14(21)6-3-9(18)10(19)4-7(6)15/h2-4,18-20H,1H3. The number of ketones is 1. The molecule has 0 fully saturated rings. The van der Waals surface area contributed by atoms with Gasteiger partial charge in [-0.25, -0.2) is 0 Å². The van der Waals surface area contributed by atoms with Crippen LogP contribution >= 0.6 is 47.8 Å². The van der Waals surface area contributed by atoms with Crippen LogP contribution in [0.2, 0.25) is 0 Å². The summed E-state index contributed by atoms with van der Waals surface area (Å²) >= 11 is 9.74. The highest BCUT2D eigenvalue weighted by atomic mass is 79.9. The molecule has 0 aliphatic heterocycles. The lowest BCUT2D eigenvalue weighted by Gasteiger charge is -2.12. The Morgan fingerprint density at radius 3 is 2.14 bits per heavy atom. The van der Waals surface area contributed by atoms with E-state index in [-0.39, 0.29) is 22.6 Å². The van der Waals surface area contributed by atoms with E-state index in [9.17, 15) is 20.1 Å². The van der Waals surface area contributed by atoms with Crippen LogP contribution in [0.1, 0.15) is 21.5 Å². The van der Waals surface area contributed by atoms with Gasteiger partial charge in [0.25, 0.3) is 0 Å². The maximum Gasteiger partial charge on any atom is 0.199 e. The van der Waals surface area contributed by atoms with Crippen molar-refractivity contribution in [1.29, 1.82) is 0 Å². The highest BCUT2D eigenvalue weighted by molar-refractivity contribution is 9.13. The molecule has 3 N–H and O–H groups in total. The molecule has 21 heavy (non-hydrogen) atoms. The number of aromatic hydroxyl groups is 3. The minimum atomic E-state index is -0.494. The van der Waals surface area contributed by atoms with E-state index in [1.165, 1.54) is 6.07 Å². The Kier molecular flexibility index (Phi) is 4.65. The van der Waals surface area contributed by atoms with E-state index in [1.54, 1.807) is 13.0 Å². The van der Waals surface area contributed by atoms with Crippen molar-refractivity contribution in [2.45, 2.75) is 6.92 Å². The number of carbonyl (C=O) groups is 1. The second kappa shape index (κ2) is 5.98. The Bertz CT molecular complexity index is 730. The monoisotopic (exact) mass is 478 g/mol. The molecule has 0 saturated heterocycles. The molecule has 0 aromatic heterocycles. The maximum absolute atomic E-state index is 12.6. The van der Waals surface area contributed by atoms with E-state index in [4.69, 9.17) is 0 Å². The first kappa shape index (κ1) is 16.3. The average molecular weight is 481 g/mol. The normalized spacial score (nSPS) is 10.7. The van der Waals surface area contributed by atoms with Gasteiger partial charge in [-0.05, 0) is 78.5 Å². The van der Waals surface area contributed by atoms with E-state index >= 15 is 0 Å². The van der Waals surface area contributed by atoms with Crippen LogP contribution < -0.4 is 0 Å². The van der Waals surface area contributed by atoms with Crippen molar-refractivity contribution in [1.82, 2.24) is 0 Å². The molecule has 7 heteroatoms. The first-order valence-electron chi connectivity index (χ1n) is 5.67. The zero-order chi connectivity index (χ0) is 15.9. The zero-order valence-corrected chi connectivity index (χ0v) is 15.4. The van der Waals surface area contributed by atoms with Gasteiger partial charge < -0.3 is 15.3 Å². The number of aryl methyl sites for hydroxylation is 1. The molecule has 0 radical (unpaired) electrons. The fourth-order valence-electron chi connectivity index (χ4n) is 1.81. The number of phenols is 3. The van der Waals surface area contributed by atoms with E-state index in [2.05, 4.69) is 47.8 Å². The molecule has 0 amide bonds. The minimum absolute atomic E-state index is 0.0765. The second-order valence-corrected chi connectivity index (χ2v) is 6.86. The van der Waals surface area contributed by atoms with Crippen molar-refractivity contribution in [2.24, 2.45) is 0 Å². The van der Waals surface area contributed by atoms with E-state index in [0.717, 1.165) is 6.07 Å². The van der Waals surface area contributed by atoms with Gasteiger partial charge in [0.1, 0.15) is 5.75 Å². The zero-order valence-electron chi connectivity index (χ0n) is 10.6. The summed E-state index contributed by atoms with van der Waals surface area (Å²) in [5.41, 5.74) is 0.735. The van der Waals surface area contributed by atoms with E-state index in [0.29, 0.717) is 19.0 Å². The molecule has 2 rings (SSSR count). The second-order valence-electron chi connectivity index (χ2n) is 4.36. The molecule has 4 nitrogen and oxygen atoms in total. The number of phenolic OH excluding ortho intramolecular Hbond substituents is 3. The molecule has 0 aliphatic rings. The SMILES string of the molecule is Cc1cc(Br)c(Br)c(C(=O)c2cc(O)c(O)cc2Br)c1O. The van der Waals surface area contributed by atoms with Gasteiger partial charge in [0, 0.05) is 19.0 Å². The summed E-state index contributed by atoms with van der Waals surface area (Å²) < 4.78 is 1.35. The largest absolute Gasteiger partial charge is 0.507 e. The van der Waals surface area contributed by atoms with E-state index in [1.807, 2.05) is 0 Å². The lowest BCUT2D eigenvalue weighted by atomic mass is 10.00. The number of benzene rings is 2. The third-order valence-electron chi connectivity index (χ3n) is 2.92. The average Bonchev–Trinajstić information content (AvgIpc) is 2.40. The molecule has 110 valence electrons. The van der Waals surface area contributed by atoms with Crippen molar-refractivity contribution in [2.75, 3.05) is 0 Å². The predicted octanol–water partition coefficient (Wildman–Crippen LogP) is 4.63. The number of hydrogen-bond acceptors (Lipinski definition) is 4. The third-order valence-corrected chi connectivity index (χ3v) is 5.56. The highest BCUT2D eigenvalue weighted by Crippen LogP contribution is 2.39. The van der Waals surface area contributed by atoms with Crippen LogP contribution in [0.3, 0.4) is 0 Å². The summed E-state index contributed by atoms with van der Waals surface area (Å²) in [6.45, 7) is 1.67. The Hall–Kier alpha value is -1.05. The topological polar surface area (TPSA) is 77.8 Å². The van der Waals surface area contributed by atoms with Crippen LogP contribution in [0.5, 0.6) is 17.2 Å². The summed E-state index contributed by atoms with van der Waals surface area (Å²) in [5, 5.41) is 29.1. The van der Waals surface area contributed by atoms with Crippen molar-refractivity contribution in [3.05, 3.63) is 48.3 Å². The number of hydrogen-bond donors (Lipinski definition) is 3. The Balaban J connectivity index is 2.69. The van der Waals surface area contributed by atoms with Gasteiger partial charge in [-0.2, -0.15) is 0 Å². The predicted molar refractivity (Wildman–Crippen MR) is 89.1 cm³/mol. The molecule has 0 spiro atoms. The fraction of sp³-hybridized carbons (Fsp3) is 0.0714. The molecule has 0 unspecified atom stereocenters. The molecule has 0 heterocycles. The molecule has 0 saturated carbocycles. The molecular weight excluding hydrogens is 472 g/mol. The van der Waals surface area contributed by atoms with E-state index < -0.39 is 11.5 Å². The molecule has 2 aromatic carbocycles. The van der Waals surface area contributed by atoms with Crippen LogP contribution in [0, 0.1) is 6.92 Å². The van der Waals surface area contributed by atoms with Crippen molar-refractivity contribution >= 4 is 53.6 Å². The summed E-state index contributed by atoms with van der Waals surface area (Å²) in [7, 11) is 0. The number of rotatable bonds is 2. The molecule has 0 aliphatic carbocycles. The molecule has 2 aromatic rings. The summed E-state index contributed by atoms with van der Waals surface area (Å²) in [6, 6.07) is 4.04. The van der Waals surface area contributed by atoms with Crippen molar-refractivity contribution in [3.63, 3.8) is 0 Å². The number of halogens is 3. The van der Waals surface area contributed by atoms with Crippen molar-refractivity contribution in [3.8, 4) is 17.2 Å². The quantitative estimate of drug-likeness (QED) is 0.432. The number of carbonyl (C=O) groups excluding carboxylic acids is 1. The van der Waals surface area contributed by atoms with Gasteiger partial charge in [-0.3, -0.25) is 4.79 Å². The maximum atomic E-state index is 12.6. The molecule has 0 bridgehead atoms. The van der Waals surface area contributed by atoms with Crippen LogP contribution in [-0.2, 0) is 0 Å². The van der Waals surface area contributed by atoms with Crippen LogP contribution in [-0.4, -0.2) is 21.1 Å².